The number of halogens is 3. The molecule has 3 heteroatoms. The maximum Gasteiger partial charge on any atom is 0.394 e. The van der Waals surface area contributed by atoms with Crippen molar-refractivity contribution in [3.63, 3.8) is 0 Å². The maximum absolute atomic E-state index is 12.7. The summed E-state index contributed by atoms with van der Waals surface area (Å²) in [6.45, 7) is 9.54. The van der Waals surface area contributed by atoms with E-state index in [-0.39, 0.29) is 5.92 Å². The Morgan fingerprint density at radius 2 is 1.15 bits per heavy atom. The van der Waals surface area contributed by atoms with Crippen molar-refractivity contribution in [2.45, 2.75) is 47.7 Å². The highest BCUT2D eigenvalue weighted by atomic mass is 19.4. The number of hydrogen-bond acceptors (Lipinski definition) is 0. The van der Waals surface area contributed by atoms with Gasteiger partial charge in [0.15, 0.2) is 0 Å². The van der Waals surface area contributed by atoms with Gasteiger partial charge in [0, 0.05) is 0 Å². The lowest BCUT2D eigenvalue weighted by molar-refractivity contribution is -0.253. The lowest BCUT2D eigenvalue weighted by atomic mass is 9.61. The minimum atomic E-state index is -4.14. The topological polar surface area (TPSA) is 0 Å². The second-order valence-electron chi connectivity index (χ2n) is 5.00. The fraction of sp³-hybridized carbons (Fsp3) is 1.00. The average Bonchev–Trinajstić information content (AvgIpc) is 1.84. The summed E-state index contributed by atoms with van der Waals surface area (Å²) in [6.07, 6.45) is -4.14. The molecule has 0 radical (unpaired) electrons. The Labute approximate surface area is 78.5 Å². The summed E-state index contributed by atoms with van der Waals surface area (Å²) >= 11 is 0. The molecular weight excluding hydrogens is 177 g/mol. The Morgan fingerprint density at radius 1 is 0.846 bits per heavy atom. The van der Waals surface area contributed by atoms with E-state index in [9.17, 15) is 13.2 Å². The molecule has 0 aromatic rings. The first-order chi connectivity index (χ1) is 5.44. The zero-order chi connectivity index (χ0) is 11.1. The van der Waals surface area contributed by atoms with Crippen molar-refractivity contribution in [1.29, 1.82) is 0 Å². The molecule has 0 saturated carbocycles. The van der Waals surface area contributed by atoms with Gasteiger partial charge in [-0.1, -0.05) is 41.5 Å². The van der Waals surface area contributed by atoms with Crippen molar-refractivity contribution in [1.82, 2.24) is 0 Å². The molecule has 0 aliphatic carbocycles. The Morgan fingerprint density at radius 3 is 1.23 bits per heavy atom. The van der Waals surface area contributed by atoms with E-state index in [0.29, 0.717) is 0 Å². The molecule has 0 bridgehead atoms. The zero-order valence-electron chi connectivity index (χ0n) is 9.21. The van der Waals surface area contributed by atoms with Gasteiger partial charge < -0.3 is 0 Å². The van der Waals surface area contributed by atoms with Crippen LogP contribution in [0.1, 0.15) is 41.5 Å². The van der Waals surface area contributed by atoms with E-state index in [1.54, 1.807) is 13.8 Å². The highest BCUT2D eigenvalue weighted by Gasteiger charge is 2.56. The van der Waals surface area contributed by atoms with Crippen LogP contribution in [-0.4, -0.2) is 6.18 Å². The molecule has 0 amide bonds. The third kappa shape index (κ3) is 2.00. The highest BCUT2D eigenvalue weighted by Crippen LogP contribution is 2.53. The molecule has 13 heavy (non-hydrogen) atoms. The molecule has 0 aliphatic heterocycles. The van der Waals surface area contributed by atoms with Crippen molar-refractivity contribution >= 4 is 0 Å². The third-order valence-electron chi connectivity index (χ3n) is 3.76. The highest BCUT2D eigenvalue weighted by molar-refractivity contribution is 4.93. The lowest BCUT2D eigenvalue weighted by Crippen LogP contribution is -2.47. The van der Waals surface area contributed by atoms with Crippen LogP contribution in [0.2, 0.25) is 0 Å². The van der Waals surface area contributed by atoms with Crippen LogP contribution in [-0.2, 0) is 0 Å². The first kappa shape index (κ1) is 12.8. The van der Waals surface area contributed by atoms with Gasteiger partial charge >= 0.3 is 6.18 Å². The van der Waals surface area contributed by atoms with Gasteiger partial charge in [-0.05, 0) is 11.3 Å². The van der Waals surface area contributed by atoms with E-state index >= 15 is 0 Å². The SMILES string of the molecule is CC(C)C(C)(C)C(C)(C)C(F)(F)F. The summed E-state index contributed by atoms with van der Waals surface area (Å²) in [5, 5.41) is 0. The summed E-state index contributed by atoms with van der Waals surface area (Å²) in [4.78, 5) is 0. The second-order valence-corrected chi connectivity index (χ2v) is 5.00. The number of rotatable bonds is 2. The summed E-state index contributed by atoms with van der Waals surface area (Å²) in [5.74, 6) is 0.00382. The molecule has 0 aliphatic rings. The molecule has 0 fully saturated rings. The van der Waals surface area contributed by atoms with Gasteiger partial charge in [0.05, 0.1) is 5.41 Å². The number of hydrogen-bond donors (Lipinski definition) is 0. The standard InChI is InChI=1S/C10H19F3/c1-7(2)8(3,4)9(5,6)10(11,12)13/h7H,1-6H3. The summed E-state index contributed by atoms with van der Waals surface area (Å²) in [7, 11) is 0. The Kier molecular flexibility index (Phi) is 3.12. The van der Waals surface area contributed by atoms with Gasteiger partial charge in [0.25, 0.3) is 0 Å². The molecule has 80 valence electrons. The summed E-state index contributed by atoms with van der Waals surface area (Å²) in [6, 6.07) is 0. The second kappa shape index (κ2) is 3.18. The molecule has 0 heterocycles. The van der Waals surface area contributed by atoms with Gasteiger partial charge in [0.1, 0.15) is 0 Å². The summed E-state index contributed by atoms with van der Waals surface area (Å²) in [5.41, 5.74) is -2.39. The van der Waals surface area contributed by atoms with E-state index in [1.165, 1.54) is 13.8 Å². The van der Waals surface area contributed by atoms with Crippen LogP contribution in [0.15, 0.2) is 0 Å². The Balaban J connectivity index is 5.04. The predicted molar refractivity (Wildman–Crippen MR) is 48.5 cm³/mol. The lowest BCUT2D eigenvalue weighted by Gasteiger charge is -2.45. The van der Waals surface area contributed by atoms with E-state index < -0.39 is 17.0 Å². The molecule has 0 atom stereocenters. The molecule has 0 nitrogen and oxygen atoms in total. The van der Waals surface area contributed by atoms with Gasteiger partial charge in [-0.2, -0.15) is 13.2 Å². The van der Waals surface area contributed by atoms with E-state index in [0.717, 1.165) is 0 Å². The van der Waals surface area contributed by atoms with Gasteiger partial charge in [0.2, 0.25) is 0 Å². The average molecular weight is 196 g/mol. The van der Waals surface area contributed by atoms with Crippen LogP contribution in [0.3, 0.4) is 0 Å². The smallest absolute Gasteiger partial charge is 0.171 e. The molecule has 0 N–H and O–H groups in total. The molecule has 0 spiro atoms. The van der Waals surface area contributed by atoms with Crippen molar-refractivity contribution in [2.75, 3.05) is 0 Å². The quantitative estimate of drug-likeness (QED) is 0.619. The minimum absolute atomic E-state index is 0.00382. The third-order valence-corrected chi connectivity index (χ3v) is 3.76. The van der Waals surface area contributed by atoms with Crippen molar-refractivity contribution in [3.8, 4) is 0 Å². The molecule has 0 saturated heterocycles. The summed E-state index contributed by atoms with van der Waals surface area (Å²) < 4.78 is 38.1. The fourth-order valence-electron chi connectivity index (χ4n) is 1.09. The Bertz CT molecular complexity index is 175. The van der Waals surface area contributed by atoms with Crippen LogP contribution in [0.4, 0.5) is 13.2 Å². The van der Waals surface area contributed by atoms with Crippen LogP contribution in [0.5, 0.6) is 0 Å². The van der Waals surface area contributed by atoms with Gasteiger partial charge in [-0.3, -0.25) is 0 Å². The zero-order valence-corrected chi connectivity index (χ0v) is 9.21. The van der Waals surface area contributed by atoms with Crippen molar-refractivity contribution < 1.29 is 13.2 Å². The first-order valence-electron chi connectivity index (χ1n) is 4.51. The molecule has 0 rings (SSSR count). The maximum atomic E-state index is 12.7. The van der Waals surface area contributed by atoms with Crippen LogP contribution in [0, 0.1) is 16.7 Å². The van der Waals surface area contributed by atoms with Crippen LogP contribution < -0.4 is 0 Å². The normalized spacial score (nSPS) is 15.2. The molecular formula is C10H19F3. The predicted octanol–water partition coefficient (Wildman–Crippen LogP) is 4.26. The van der Waals surface area contributed by atoms with E-state index in [4.69, 9.17) is 0 Å². The Hall–Kier alpha value is -0.210. The van der Waals surface area contributed by atoms with E-state index in [1.807, 2.05) is 13.8 Å². The van der Waals surface area contributed by atoms with Crippen molar-refractivity contribution in [3.05, 3.63) is 0 Å². The monoisotopic (exact) mass is 196 g/mol. The van der Waals surface area contributed by atoms with Gasteiger partial charge in [-0.25, -0.2) is 0 Å². The van der Waals surface area contributed by atoms with Crippen LogP contribution in [0.25, 0.3) is 0 Å². The van der Waals surface area contributed by atoms with Crippen LogP contribution >= 0.6 is 0 Å². The molecule has 0 unspecified atom stereocenters. The molecule has 0 aromatic heterocycles. The largest absolute Gasteiger partial charge is 0.394 e. The fourth-order valence-corrected chi connectivity index (χ4v) is 1.09. The van der Waals surface area contributed by atoms with Crippen molar-refractivity contribution in [2.24, 2.45) is 16.7 Å². The number of alkyl halides is 3. The first-order valence-corrected chi connectivity index (χ1v) is 4.51. The van der Waals surface area contributed by atoms with Gasteiger partial charge in [-0.15, -0.1) is 0 Å². The minimum Gasteiger partial charge on any atom is -0.171 e. The van der Waals surface area contributed by atoms with E-state index in [2.05, 4.69) is 0 Å². The molecule has 0 aromatic carbocycles.